The number of rotatable bonds is 7. The molecule has 2 heteroatoms. The van der Waals surface area contributed by atoms with E-state index in [9.17, 15) is 0 Å². The molecule has 1 atom stereocenters. The molecule has 17 heavy (non-hydrogen) atoms. The summed E-state index contributed by atoms with van der Waals surface area (Å²) < 4.78 is 6.07. The van der Waals surface area contributed by atoms with Gasteiger partial charge in [0, 0.05) is 6.54 Å². The first-order valence-electron chi connectivity index (χ1n) is 6.79. The Morgan fingerprint density at radius 3 is 2.65 bits per heavy atom. The normalized spacial score (nSPS) is 17.7. The second-order valence-corrected chi connectivity index (χ2v) is 4.75. The molecule has 0 spiro atoms. The molecule has 1 aromatic rings. The highest BCUT2D eigenvalue weighted by Crippen LogP contribution is 2.39. The Balaban J connectivity index is 1.89. The van der Waals surface area contributed by atoms with E-state index in [1.54, 1.807) is 0 Å². The topological polar surface area (TPSA) is 21.3 Å². The lowest BCUT2D eigenvalue weighted by Gasteiger charge is -2.34. The number of nitrogens with one attached hydrogen (secondary N) is 1. The molecule has 94 valence electrons. The van der Waals surface area contributed by atoms with Gasteiger partial charge in [-0.1, -0.05) is 43.7 Å². The zero-order valence-corrected chi connectivity index (χ0v) is 10.7. The van der Waals surface area contributed by atoms with Gasteiger partial charge in [-0.25, -0.2) is 0 Å². The van der Waals surface area contributed by atoms with Gasteiger partial charge in [-0.2, -0.15) is 0 Å². The molecule has 1 aromatic carbocycles. The van der Waals surface area contributed by atoms with Crippen LogP contribution in [0.2, 0.25) is 0 Å². The molecule has 1 N–H and O–H groups in total. The van der Waals surface area contributed by atoms with Crippen LogP contribution in [0.5, 0.6) is 0 Å². The van der Waals surface area contributed by atoms with Crippen molar-refractivity contribution < 1.29 is 4.74 Å². The van der Waals surface area contributed by atoms with Gasteiger partial charge >= 0.3 is 0 Å². The van der Waals surface area contributed by atoms with Crippen LogP contribution >= 0.6 is 0 Å². The average Bonchev–Trinajstić information content (AvgIpc) is 2.32. The van der Waals surface area contributed by atoms with Crippen molar-refractivity contribution in [3.8, 4) is 0 Å². The molecule has 0 aromatic heterocycles. The zero-order valence-electron chi connectivity index (χ0n) is 10.7. The Bertz CT molecular complexity index is 308. The summed E-state index contributed by atoms with van der Waals surface area (Å²) in [6, 6.07) is 10.7. The van der Waals surface area contributed by atoms with Crippen molar-refractivity contribution in [2.45, 2.75) is 32.3 Å². The fourth-order valence-corrected chi connectivity index (χ4v) is 2.32. The fourth-order valence-electron chi connectivity index (χ4n) is 2.32. The van der Waals surface area contributed by atoms with E-state index in [1.807, 2.05) is 0 Å². The Labute approximate surface area is 104 Å². The minimum Gasteiger partial charge on any atom is -0.372 e. The predicted molar refractivity (Wildman–Crippen MR) is 71.0 cm³/mol. The molecule has 0 unspecified atom stereocenters. The first kappa shape index (κ1) is 12.6. The monoisotopic (exact) mass is 233 g/mol. The third kappa shape index (κ3) is 3.55. The summed E-state index contributed by atoms with van der Waals surface area (Å²) in [7, 11) is 0. The Morgan fingerprint density at radius 1 is 1.29 bits per heavy atom. The lowest BCUT2D eigenvalue weighted by atomic mass is 9.78. The van der Waals surface area contributed by atoms with Crippen molar-refractivity contribution in [1.29, 1.82) is 0 Å². The van der Waals surface area contributed by atoms with Crippen molar-refractivity contribution in [1.82, 2.24) is 5.32 Å². The average molecular weight is 233 g/mol. The second-order valence-electron chi connectivity index (χ2n) is 4.75. The molecule has 1 aliphatic rings. The molecular formula is C15H23NO. The van der Waals surface area contributed by atoms with Gasteiger partial charge in [-0.05, 0) is 30.9 Å². The number of benzene rings is 1. The molecule has 1 aliphatic carbocycles. The van der Waals surface area contributed by atoms with Crippen LogP contribution in [-0.4, -0.2) is 19.7 Å². The van der Waals surface area contributed by atoms with Crippen LogP contribution in [0, 0.1) is 5.92 Å². The van der Waals surface area contributed by atoms with Gasteiger partial charge in [0.05, 0.1) is 12.7 Å². The molecule has 2 rings (SSSR count). The Kier molecular flexibility index (Phi) is 5.02. The third-order valence-electron chi connectivity index (χ3n) is 3.53. The van der Waals surface area contributed by atoms with E-state index in [4.69, 9.17) is 4.74 Å². The van der Waals surface area contributed by atoms with Crippen LogP contribution in [-0.2, 0) is 4.74 Å². The number of hydrogen-bond acceptors (Lipinski definition) is 2. The molecule has 0 saturated heterocycles. The van der Waals surface area contributed by atoms with Gasteiger partial charge < -0.3 is 10.1 Å². The van der Waals surface area contributed by atoms with E-state index >= 15 is 0 Å². The minimum atomic E-state index is 0.309. The summed E-state index contributed by atoms with van der Waals surface area (Å²) in [6.07, 6.45) is 4.31. The molecular weight excluding hydrogens is 210 g/mol. The Morgan fingerprint density at radius 2 is 2.06 bits per heavy atom. The predicted octanol–water partition coefficient (Wildman–Crippen LogP) is 3.15. The maximum absolute atomic E-state index is 6.07. The summed E-state index contributed by atoms with van der Waals surface area (Å²) >= 11 is 0. The van der Waals surface area contributed by atoms with E-state index in [0.29, 0.717) is 6.10 Å². The minimum absolute atomic E-state index is 0.309. The molecule has 1 fully saturated rings. The van der Waals surface area contributed by atoms with Crippen molar-refractivity contribution in [3.63, 3.8) is 0 Å². The van der Waals surface area contributed by atoms with Crippen LogP contribution in [0.3, 0.4) is 0 Å². The summed E-state index contributed by atoms with van der Waals surface area (Å²) in [5, 5.41) is 3.31. The fraction of sp³-hybridized carbons (Fsp3) is 0.600. The number of hydrogen-bond donors (Lipinski definition) is 1. The maximum atomic E-state index is 6.07. The molecule has 0 amide bonds. The van der Waals surface area contributed by atoms with Crippen LogP contribution in [0.25, 0.3) is 0 Å². The van der Waals surface area contributed by atoms with Gasteiger partial charge in [0.15, 0.2) is 0 Å². The van der Waals surface area contributed by atoms with Crippen LogP contribution < -0.4 is 5.32 Å². The molecule has 0 heterocycles. The van der Waals surface area contributed by atoms with Crippen molar-refractivity contribution in [2.75, 3.05) is 19.7 Å². The quantitative estimate of drug-likeness (QED) is 0.730. The van der Waals surface area contributed by atoms with Gasteiger partial charge in [-0.3, -0.25) is 0 Å². The molecule has 0 radical (unpaired) electrons. The van der Waals surface area contributed by atoms with E-state index in [-0.39, 0.29) is 0 Å². The molecule has 1 saturated carbocycles. The number of likely N-dealkylation sites (N-methyl/N-ethyl adjacent to an activating group) is 1. The largest absolute Gasteiger partial charge is 0.372 e. The van der Waals surface area contributed by atoms with E-state index in [1.165, 1.54) is 24.8 Å². The SMILES string of the molecule is CCNCCO[C@@H](c1ccccc1)C1CCC1. The van der Waals surface area contributed by atoms with Crippen LogP contribution in [0.15, 0.2) is 30.3 Å². The van der Waals surface area contributed by atoms with E-state index in [2.05, 4.69) is 42.6 Å². The number of ether oxygens (including phenoxy) is 1. The zero-order chi connectivity index (χ0) is 11.9. The summed E-state index contributed by atoms with van der Waals surface area (Å²) in [5.74, 6) is 0.735. The summed E-state index contributed by atoms with van der Waals surface area (Å²) in [5.41, 5.74) is 1.34. The van der Waals surface area contributed by atoms with Crippen molar-refractivity contribution in [3.05, 3.63) is 35.9 Å². The van der Waals surface area contributed by atoms with Crippen LogP contribution in [0.4, 0.5) is 0 Å². The van der Waals surface area contributed by atoms with E-state index < -0.39 is 0 Å². The Hall–Kier alpha value is -0.860. The van der Waals surface area contributed by atoms with Crippen LogP contribution in [0.1, 0.15) is 37.9 Å². The standard InChI is InChI=1S/C15H23NO/c1-2-16-11-12-17-15(14-9-6-10-14)13-7-4-3-5-8-13/h3-5,7-8,14-16H,2,6,9-12H2,1H3/t15-/m0/s1. The molecule has 0 bridgehead atoms. The van der Waals surface area contributed by atoms with Crippen molar-refractivity contribution >= 4 is 0 Å². The lowest BCUT2D eigenvalue weighted by molar-refractivity contribution is -0.0139. The van der Waals surface area contributed by atoms with Gasteiger partial charge in [0.2, 0.25) is 0 Å². The second kappa shape index (κ2) is 6.77. The summed E-state index contributed by atoms with van der Waals surface area (Å²) in [6.45, 7) is 4.90. The smallest absolute Gasteiger partial charge is 0.0853 e. The highest BCUT2D eigenvalue weighted by molar-refractivity contribution is 5.18. The first-order valence-corrected chi connectivity index (χ1v) is 6.79. The van der Waals surface area contributed by atoms with Gasteiger partial charge in [-0.15, -0.1) is 0 Å². The highest BCUT2D eigenvalue weighted by atomic mass is 16.5. The highest BCUT2D eigenvalue weighted by Gasteiger charge is 2.28. The van der Waals surface area contributed by atoms with Gasteiger partial charge in [0.1, 0.15) is 0 Å². The molecule has 0 aliphatic heterocycles. The maximum Gasteiger partial charge on any atom is 0.0853 e. The van der Waals surface area contributed by atoms with E-state index in [0.717, 1.165) is 25.6 Å². The van der Waals surface area contributed by atoms with Crippen molar-refractivity contribution in [2.24, 2.45) is 5.92 Å². The molecule has 2 nitrogen and oxygen atoms in total. The summed E-state index contributed by atoms with van der Waals surface area (Å²) in [4.78, 5) is 0. The third-order valence-corrected chi connectivity index (χ3v) is 3.53. The first-order chi connectivity index (χ1) is 8.42. The lowest BCUT2D eigenvalue weighted by Crippen LogP contribution is -2.26. The van der Waals surface area contributed by atoms with Gasteiger partial charge in [0.25, 0.3) is 0 Å².